The topological polar surface area (TPSA) is 73.9 Å². The van der Waals surface area contributed by atoms with E-state index in [4.69, 9.17) is 13.9 Å². The molecule has 31 heavy (non-hydrogen) atoms. The van der Waals surface area contributed by atoms with Gasteiger partial charge in [-0.25, -0.2) is 0 Å². The van der Waals surface area contributed by atoms with Gasteiger partial charge in [0.1, 0.15) is 17.1 Å². The quantitative estimate of drug-likeness (QED) is 0.553. The maximum atomic E-state index is 13.1. The summed E-state index contributed by atoms with van der Waals surface area (Å²) in [6, 6.07) is 11.1. The van der Waals surface area contributed by atoms with Gasteiger partial charge < -0.3 is 23.4 Å². The first-order chi connectivity index (χ1) is 14.8. The molecule has 3 aromatic rings. The molecule has 1 aromatic carbocycles. The molecule has 0 aliphatic heterocycles. The molecule has 3 rings (SSSR count). The van der Waals surface area contributed by atoms with Crippen LogP contribution < -0.4 is 15.0 Å². The van der Waals surface area contributed by atoms with Gasteiger partial charge in [0.25, 0.3) is 11.5 Å². The number of rotatable bonds is 8. The smallest absolute Gasteiger partial charge is 0.263 e. The number of hydrogen-bond donors (Lipinski definition) is 0. The summed E-state index contributed by atoms with van der Waals surface area (Å²) in [4.78, 5) is 27.6. The average molecular weight is 424 g/mol. The summed E-state index contributed by atoms with van der Waals surface area (Å²) < 4.78 is 17.7. The molecule has 164 valence electrons. The maximum absolute atomic E-state index is 13.1. The van der Waals surface area contributed by atoms with Crippen LogP contribution in [0.1, 0.15) is 33.0 Å². The van der Waals surface area contributed by atoms with Gasteiger partial charge in [-0.1, -0.05) is 6.07 Å². The van der Waals surface area contributed by atoms with Crippen LogP contribution in [0, 0.1) is 13.8 Å². The molecule has 7 heteroatoms. The van der Waals surface area contributed by atoms with Crippen molar-refractivity contribution in [3.8, 4) is 11.5 Å². The highest BCUT2D eigenvalue weighted by Gasteiger charge is 2.20. The third kappa shape index (κ3) is 4.99. The highest BCUT2D eigenvalue weighted by molar-refractivity contribution is 5.95. The van der Waals surface area contributed by atoms with Gasteiger partial charge >= 0.3 is 0 Å². The fraction of sp³-hybridized carbons (Fsp3) is 0.333. The van der Waals surface area contributed by atoms with Crippen molar-refractivity contribution in [2.24, 2.45) is 0 Å². The summed E-state index contributed by atoms with van der Waals surface area (Å²) in [5.41, 5.74) is 1.54. The molecule has 0 aliphatic rings. The van der Waals surface area contributed by atoms with E-state index in [9.17, 15) is 9.59 Å². The third-order valence-corrected chi connectivity index (χ3v) is 5.21. The molecule has 0 fully saturated rings. The van der Waals surface area contributed by atoms with E-state index in [1.807, 2.05) is 37.3 Å². The summed E-state index contributed by atoms with van der Waals surface area (Å²) in [7, 11) is 4.84. The van der Waals surface area contributed by atoms with Crippen LogP contribution in [0.15, 0.2) is 51.8 Å². The minimum absolute atomic E-state index is 0.181. The van der Waals surface area contributed by atoms with Crippen LogP contribution in [0.4, 0.5) is 0 Å². The Kier molecular flexibility index (Phi) is 6.84. The van der Waals surface area contributed by atoms with Crippen molar-refractivity contribution in [3.05, 3.63) is 81.2 Å². The van der Waals surface area contributed by atoms with Crippen molar-refractivity contribution in [2.45, 2.75) is 33.4 Å². The van der Waals surface area contributed by atoms with Crippen LogP contribution in [-0.4, -0.2) is 36.6 Å². The number of aromatic nitrogens is 1. The Bertz CT molecular complexity index is 1130. The van der Waals surface area contributed by atoms with Crippen molar-refractivity contribution < 1.29 is 18.7 Å². The van der Waals surface area contributed by atoms with Gasteiger partial charge in [0.15, 0.2) is 11.5 Å². The largest absolute Gasteiger partial charge is 0.493 e. The van der Waals surface area contributed by atoms with Crippen molar-refractivity contribution in [3.63, 3.8) is 0 Å². The second-order valence-corrected chi connectivity index (χ2v) is 7.49. The lowest BCUT2D eigenvalue weighted by atomic mass is 10.1. The number of carbonyl (C=O) groups excluding carboxylic acids is 1. The first kappa shape index (κ1) is 22.2. The molecule has 0 bridgehead atoms. The number of hydrogen-bond acceptors (Lipinski definition) is 5. The van der Waals surface area contributed by atoms with Crippen LogP contribution in [0.3, 0.4) is 0 Å². The van der Waals surface area contributed by atoms with Gasteiger partial charge in [0, 0.05) is 19.8 Å². The van der Waals surface area contributed by atoms with Gasteiger partial charge in [-0.15, -0.1) is 0 Å². The van der Waals surface area contributed by atoms with Crippen LogP contribution in [0.25, 0.3) is 0 Å². The third-order valence-electron chi connectivity index (χ3n) is 5.21. The molecule has 0 unspecified atom stereocenters. The monoisotopic (exact) mass is 424 g/mol. The Labute approximate surface area is 181 Å². The predicted molar refractivity (Wildman–Crippen MR) is 118 cm³/mol. The Balaban J connectivity index is 1.78. The van der Waals surface area contributed by atoms with Crippen LogP contribution in [-0.2, 0) is 19.5 Å². The maximum Gasteiger partial charge on any atom is 0.263 e. The van der Waals surface area contributed by atoms with Crippen molar-refractivity contribution >= 4 is 5.91 Å². The molecule has 2 aromatic heterocycles. The second kappa shape index (κ2) is 9.55. The van der Waals surface area contributed by atoms with Crippen molar-refractivity contribution in [1.29, 1.82) is 0 Å². The number of furan rings is 1. The lowest BCUT2D eigenvalue weighted by molar-refractivity contribution is 0.0771. The first-order valence-corrected chi connectivity index (χ1v) is 10.1. The fourth-order valence-corrected chi connectivity index (χ4v) is 3.45. The lowest BCUT2D eigenvalue weighted by Crippen LogP contribution is -2.35. The highest BCUT2D eigenvalue weighted by atomic mass is 16.5. The standard InChI is InChI=1S/C24H28N2O5/c1-16-10-12-26(13-11-18-7-9-20(29-4)21(14-18)30-5)24(28)22(16)23(27)25(3)15-19-8-6-17(2)31-19/h6-10,12,14H,11,13,15H2,1-5H3. The first-order valence-electron chi connectivity index (χ1n) is 10.1. The Morgan fingerprint density at radius 3 is 2.45 bits per heavy atom. The molecule has 0 saturated carbocycles. The van der Waals surface area contributed by atoms with Crippen molar-refractivity contribution in [1.82, 2.24) is 9.47 Å². The molecule has 0 saturated heterocycles. The number of aryl methyl sites for hydroxylation is 4. The molecule has 7 nitrogen and oxygen atoms in total. The summed E-state index contributed by atoms with van der Waals surface area (Å²) in [5, 5.41) is 0. The molecular formula is C24H28N2O5. The number of benzene rings is 1. The normalized spacial score (nSPS) is 10.7. The summed E-state index contributed by atoms with van der Waals surface area (Å²) in [6.07, 6.45) is 2.34. The van der Waals surface area contributed by atoms with Crippen molar-refractivity contribution in [2.75, 3.05) is 21.3 Å². The Hall–Kier alpha value is -3.48. The summed E-state index contributed by atoms with van der Waals surface area (Å²) >= 11 is 0. The van der Waals surface area contributed by atoms with E-state index in [1.54, 1.807) is 45.0 Å². The van der Waals surface area contributed by atoms with Gasteiger partial charge in [-0.3, -0.25) is 9.59 Å². The average Bonchev–Trinajstić information content (AvgIpc) is 3.17. The zero-order valence-electron chi connectivity index (χ0n) is 18.6. The van der Waals surface area contributed by atoms with Crippen LogP contribution in [0.2, 0.25) is 0 Å². The molecular weight excluding hydrogens is 396 g/mol. The molecule has 0 N–H and O–H groups in total. The van der Waals surface area contributed by atoms with Gasteiger partial charge in [-0.05, 0) is 61.7 Å². The lowest BCUT2D eigenvalue weighted by Gasteiger charge is -2.18. The molecule has 0 radical (unpaired) electrons. The number of ether oxygens (including phenoxy) is 2. The zero-order chi connectivity index (χ0) is 22.5. The SMILES string of the molecule is COc1ccc(CCn2ccc(C)c(C(=O)N(C)Cc3ccc(C)o3)c2=O)cc1OC. The highest BCUT2D eigenvalue weighted by Crippen LogP contribution is 2.27. The summed E-state index contributed by atoms with van der Waals surface area (Å²) in [6.45, 7) is 4.37. The molecule has 0 atom stereocenters. The predicted octanol–water partition coefficient (Wildman–Crippen LogP) is 3.59. The van der Waals surface area contributed by atoms with E-state index < -0.39 is 0 Å². The van der Waals surface area contributed by atoms with E-state index in [1.165, 1.54) is 4.90 Å². The van der Waals surface area contributed by atoms with Gasteiger partial charge in [0.05, 0.1) is 20.8 Å². The van der Waals surface area contributed by atoms with E-state index in [0.717, 1.165) is 11.3 Å². The number of methoxy groups -OCH3 is 2. The molecule has 2 heterocycles. The fourth-order valence-electron chi connectivity index (χ4n) is 3.45. The second-order valence-electron chi connectivity index (χ2n) is 7.49. The van der Waals surface area contributed by atoms with Gasteiger partial charge in [-0.2, -0.15) is 0 Å². The molecule has 0 aliphatic carbocycles. The van der Waals surface area contributed by atoms with Crippen LogP contribution in [0.5, 0.6) is 11.5 Å². The Morgan fingerprint density at radius 1 is 1.06 bits per heavy atom. The number of nitrogens with zero attached hydrogens (tertiary/aromatic N) is 2. The van der Waals surface area contributed by atoms with E-state index in [0.29, 0.717) is 42.3 Å². The zero-order valence-corrected chi connectivity index (χ0v) is 18.6. The summed E-state index contributed by atoms with van der Waals surface area (Å²) in [5.74, 6) is 2.43. The van der Waals surface area contributed by atoms with Gasteiger partial charge in [0.2, 0.25) is 0 Å². The number of pyridine rings is 1. The minimum atomic E-state index is -0.322. The number of carbonyl (C=O) groups is 1. The van der Waals surface area contributed by atoms with E-state index in [2.05, 4.69) is 0 Å². The molecule has 1 amide bonds. The van der Waals surface area contributed by atoms with E-state index >= 15 is 0 Å². The van der Waals surface area contributed by atoms with E-state index in [-0.39, 0.29) is 17.0 Å². The molecule has 0 spiro atoms. The Morgan fingerprint density at radius 2 is 1.81 bits per heavy atom. The minimum Gasteiger partial charge on any atom is -0.493 e. The number of amides is 1. The van der Waals surface area contributed by atoms with Crippen LogP contribution >= 0.6 is 0 Å².